The van der Waals surface area contributed by atoms with E-state index in [1.807, 2.05) is 20.8 Å². The quantitative estimate of drug-likeness (QED) is 0.583. The first-order chi connectivity index (χ1) is 11.8. The third-order valence-corrected chi connectivity index (χ3v) is 6.57. The Hall–Kier alpha value is -0.160. The molecule has 0 radical (unpaired) electrons. The fourth-order valence-corrected chi connectivity index (χ4v) is 5.35. The van der Waals surface area contributed by atoms with Gasteiger partial charge >= 0.3 is 0 Å². The van der Waals surface area contributed by atoms with Crippen LogP contribution in [0.3, 0.4) is 0 Å². The van der Waals surface area contributed by atoms with Gasteiger partial charge in [-0.05, 0) is 83.6 Å². The van der Waals surface area contributed by atoms with Crippen LogP contribution in [-0.2, 0) is 14.5 Å². The highest BCUT2D eigenvalue weighted by Gasteiger charge is 2.51. The summed E-state index contributed by atoms with van der Waals surface area (Å²) in [6.45, 7) is 13.2. The van der Waals surface area contributed by atoms with Crippen molar-refractivity contribution in [2.45, 2.75) is 97.6 Å². The summed E-state index contributed by atoms with van der Waals surface area (Å²) >= 11 is 0. The van der Waals surface area contributed by atoms with E-state index in [1.165, 1.54) is 32.7 Å². The van der Waals surface area contributed by atoms with E-state index in [-0.39, 0.29) is 11.7 Å². The molecule has 2 saturated carbocycles. The van der Waals surface area contributed by atoms with E-state index in [9.17, 15) is 0 Å². The lowest BCUT2D eigenvalue weighted by molar-refractivity contribution is -0.391. The van der Waals surface area contributed by atoms with Gasteiger partial charge in [-0.3, -0.25) is 0 Å². The molecule has 2 aliphatic carbocycles. The van der Waals surface area contributed by atoms with Crippen molar-refractivity contribution in [3.8, 4) is 0 Å². The topological polar surface area (TPSA) is 53.7 Å². The molecule has 0 amide bonds. The van der Waals surface area contributed by atoms with Crippen LogP contribution in [0.4, 0.5) is 0 Å². The number of nitrogens with two attached hydrogens (primary N) is 1. The molecule has 0 aromatic rings. The first-order valence-corrected chi connectivity index (χ1v) is 10.3. The first kappa shape index (κ1) is 21.1. The normalized spacial score (nSPS) is 44.2. The van der Waals surface area contributed by atoms with Gasteiger partial charge in [-0.2, -0.15) is 0 Å². The molecule has 0 aromatic heterocycles. The molecule has 3 fully saturated rings. The highest BCUT2D eigenvalue weighted by atomic mass is 17.2. The number of rotatable bonds is 2. The summed E-state index contributed by atoms with van der Waals surface area (Å²) in [4.78, 5) is 11.6. The maximum Gasteiger partial charge on any atom is 0.0983 e. The molecule has 5 unspecified atom stereocenters. The van der Waals surface area contributed by atoms with E-state index in [1.54, 1.807) is 0 Å². The van der Waals surface area contributed by atoms with E-state index in [4.69, 9.17) is 14.5 Å². The van der Waals surface area contributed by atoms with Gasteiger partial charge in [0.2, 0.25) is 0 Å². The minimum Gasteiger partial charge on any atom is -0.375 e. The van der Waals surface area contributed by atoms with Crippen molar-refractivity contribution in [3.05, 3.63) is 0 Å². The first-order valence-electron chi connectivity index (χ1n) is 10.3. The van der Waals surface area contributed by atoms with E-state index in [0.717, 1.165) is 30.1 Å². The van der Waals surface area contributed by atoms with Crippen LogP contribution < -0.4 is 5.73 Å². The lowest BCUT2D eigenvalue weighted by Crippen LogP contribution is -2.52. The summed E-state index contributed by atoms with van der Waals surface area (Å²) in [6.07, 6.45) is 7.15. The highest BCUT2D eigenvalue weighted by molar-refractivity contribution is 5.00. The SMILES string of the molecule is CC1CCC2C3C(C[C@H](OOC(C)(C)C)C(C)[C@@H]3CC[C@H]2C)O1.CN. The second-order valence-corrected chi connectivity index (χ2v) is 9.45. The van der Waals surface area contributed by atoms with Gasteiger partial charge in [0.1, 0.15) is 0 Å². The molecule has 2 N–H and O–H groups in total. The van der Waals surface area contributed by atoms with Gasteiger partial charge in [-0.15, -0.1) is 0 Å². The van der Waals surface area contributed by atoms with Crippen LogP contribution in [0.2, 0.25) is 0 Å². The molecule has 148 valence electrons. The van der Waals surface area contributed by atoms with Crippen LogP contribution in [-0.4, -0.2) is 31.0 Å². The smallest absolute Gasteiger partial charge is 0.0983 e. The molecule has 0 spiro atoms. The minimum absolute atomic E-state index is 0.167. The second kappa shape index (κ2) is 8.69. The Balaban J connectivity index is 0.00000109. The number of hydrogen-bond acceptors (Lipinski definition) is 4. The van der Waals surface area contributed by atoms with Crippen LogP contribution in [0, 0.1) is 29.6 Å². The molecule has 4 nitrogen and oxygen atoms in total. The van der Waals surface area contributed by atoms with Crippen molar-refractivity contribution >= 4 is 0 Å². The lowest BCUT2D eigenvalue weighted by atomic mass is 9.56. The van der Waals surface area contributed by atoms with Gasteiger partial charge in [0.05, 0.1) is 23.9 Å². The predicted molar refractivity (Wildman–Crippen MR) is 102 cm³/mol. The Morgan fingerprint density at radius 1 is 0.920 bits per heavy atom. The van der Waals surface area contributed by atoms with Gasteiger partial charge in [-0.1, -0.05) is 20.3 Å². The van der Waals surface area contributed by atoms with Gasteiger partial charge in [0.15, 0.2) is 0 Å². The average molecular weight is 356 g/mol. The van der Waals surface area contributed by atoms with Crippen molar-refractivity contribution in [3.63, 3.8) is 0 Å². The summed E-state index contributed by atoms with van der Waals surface area (Å²) in [6, 6.07) is 0. The van der Waals surface area contributed by atoms with E-state index in [0.29, 0.717) is 18.1 Å². The van der Waals surface area contributed by atoms with Crippen LogP contribution in [0.5, 0.6) is 0 Å². The Bertz CT molecular complexity index is 408. The van der Waals surface area contributed by atoms with Gasteiger partial charge in [0, 0.05) is 6.42 Å². The minimum atomic E-state index is -0.252. The molecule has 8 atom stereocenters. The zero-order chi connectivity index (χ0) is 18.8. The Morgan fingerprint density at radius 2 is 1.56 bits per heavy atom. The summed E-state index contributed by atoms with van der Waals surface area (Å²) in [5, 5.41) is 0. The third-order valence-electron chi connectivity index (χ3n) is 6.57. The Labute approximate surface area is 155 Å². The van der Waals surface area contributed by atoms with E-state index in [2.05, 4.69) is 26.5 Å². The molecule has 0 bridgehead atoms. The summed E-state index contributed by atoms with van der Waals surface area (Å²) in [7, 11) is 1.50. The maximum atomic E-state index is 6.47. The van der Waals surface area contributed by atoms with Crippen LogP contribution in [0.1, 0.15) is 73.6 Å². The molecule has 3 aliphatic rings. The van der Waals surface area contributed by atoms with Crippen LogP contribution in [0.15, 0.2) is 0 Å². The fourth-order valence-electron chi connectivity index (χ4n) is 5.35. The van der Waals surface area contributed by atoms with Gasteiger partial charge < -0.3 is 10.5 Å². The van der Waals surface area contributed by atoms with Crippen LogP contribution >= 0.6 is 0 Å². The van der Waals surface area contributed by atoms with Crippen molar-refractivity contribution in [1.82, 2.24) is 0 Å². The van der Waals surface area contributed by atoms with E-state index >= 15 is 0 Å². The average Bonchev–Trinajstić information content (AvgIpc) is 2.72. The molecule has 0 aromatic carbocycles. The van der Waals surface area contributed by atoms with E-state index < -0.39 is 0 Å². The molecular weight excluding hydrogens is 314 g/mol. The zero-order valence-corrected chi connectivity index (χ0v) is 17.5. The fraction of sp³-hybridized carbons (Fsp3) is 1.00. The highest BCUT2D eigenvalue weighted by Crippen LogP contribution is 2.53. The Morgan fingerprint density at radius 3 is 2.20 bits per heavy atom. The van der Waals surface area contributed by atoms with Gasteiger partial charge in [0.25, 0.3) is 0 Å². The lowest BCUT2D eigenvalue weighted by Gasteiger charge is -2.52. The third kappa shape index (κ3) is 4.97. The second-order valence-electron chi connectivity index (χ2n) is 9.45. The summed E-state index contributed by atoms with van der Waals surface area (Å²) in [5.74, 6) is 3.71. The summed E-state index contributed by atoms with van der Waals surface area (Å²) in [5.41, 5.74) is 4.25. The van der Waals surface area contributed by atoms with Crippen molar-refractivity contribution in [2.24, 2.45) is 35.3 Å². The maximum absolute atomic E-state index is 6.47. The Kier molecular flexibility index (Phi) is 7.35. The predicted octanol–water partition coefficient (Wildman–Crippen LogP) is 4.56. The molecule has 1 aliphatic heterocycles. The van der Waals surface area contributed by atoms with Gasteiger partial charge in [-0.25, -0.2) is 9.78 Å². The number of ether oxygens (including phenoxy) is 1. The molecule has 25 heavy (non-hydrogen) atoms. The summed E-state index contributed by atoms with van der Waals surface area (Å²) < 4.78 is 6.47. The molecule has 4 heteroatoms. The molecule has 1 saturated heterocycles. The van der Waals surface area contributed by atoms with Crippen molar-refractivity contribution in [2.75, 3.05) is 7.05 Å². The van der Waals surface area contributed by atoms with Crippen molar-refractivity contribution in [1.29, 1.82) is 0 Å². The largest absolute Gasteiger partial charge is 0.375 e. The standard InChI is InChI=1S/C20H36O3.CH5N/c1-12-7-9-16-14(3)17(22-23-20(4,5)6)11-18-19(16)15(12)10-8-13(2)21-18;1-2/h12-19H,7-11H2,1-6H3;2H2,1H3/t12-,13?,14?,15?,16+,17+,18?,19?;/m1./s1. The zero-order valence-electron chi connectivity index (χ0n) is 17.5. The molecule has 1 heterocycles. The monoisotopic (exact) mass is 355 g/mol. The molecule has 3 rings (SSSR count). The molecular formula is C21H41NO3. The number of hydrogen-bond donors (Lipinski definition) is 1. The van der Waals surface area contributed by atoms with Crippen LogP contribution in [0.25, 0.3) is 0 Å². The van der Waals surface area contributed by atoms with Crippen molar-refractivity contribution < 1.29 is 14.5 Å².